The van der Waals surface area contributed by atoms with Gasteiger partial charge in [-0.15, -0.1) is 0 Å². The van der Waals surface area contributed by atoms with Crippen LogP contribution >= 0.6 is 0 Å². The molecule has 2 heterocycles. The summed E-state index contributed by atoms with van der Waals surface area (Å²) in [6.45, 7) is 3.42. The van der Waals surface area contributed by atoms with Gasteiger partial charge >= 0.3 is 5.97 Å². The Bertz CT molecular complexity index is 558. The molecular formula is C16H20N2O3. The fraction of sp³-hybridized carbons (Fsp3) is 0.500. The second-order valence-corrected chi connectivity index (χ2v) is 5.79. The molecule has 1 aromatic rings. The Morgan fingerprint density at radius 1 is 1.05 bits per heavy atom. The summed E-state index contributed by atoms with van der Waals surface area (Å²) in [5, 5.41) is 9.22. The van der Waals surface area contributed by atoms with Gasteiger partial charge in [-0.05, 0) is 31.5 Å². The number of carboxylic acid groups (broad SMARTS) is 1. The zero-order chi connectivity index (χ0) is 14.8. The number of rotatable bonds is 2. The van der Waals surface area contributed by atoms with Crippen molar-refractivity contribution in [1.82, 2.24) is 9.80 Å². The lowest BCUT2D eigenvalue weighted by atomic mass is 9.98. The van der Waals surface area contributed by atoms with Gasteiger partial charge in [-0.25, -0.2) is 4.79 Å². The monoisotopic (exact) mass is 288 g/mol. The lowest BCUT2D eigenvalue weighted by molar-refractivity contribution is 0.0369. The molecule has 0 saturated carbocycles. The number of carbonyl (C=O) groups is 2. The molecule has 21 heavy (non-hydrogen) atoms. The third kappa shape index (κ3) is 2.78. The highest BCUT2D eigenvalue weighted by Gasteiger charge is 2.32. The van der Waals surface area contributed by atoms with E-state index in [2.05, 4.69) is 4.90 Å². The Kier molecular flexibility index (Phi) is 3.92. The minimum absolute atomic E-state index is 0.0913. The topological polar surface area (TPSA) is 60.9 Å². The Balaban J connectivity index is 1.78. The number of carbonyl (C=O) groups excluding carboxylic acids is 1. The third-order valence-electron chi connectivity index (χ3n) is 4.51. The van der Waals surface area contributed by atoms with Gasteiger partial charge in [-0.1, -0.05) is 18.6 Å². The molecule has 2 saturated heterocycles. The zero-order valence-electron chi connectivity index (χ0n) is 12.0. The molecule has 5 heteroatoms. The average Bonchev–Trinajstić information content (AvgIpc) is 2.53. The molecule has 1 amide bonds. The van der Waals surface area contributed by atoms with E-state index in [1.807, 2.05) is 4.90 Å². The van der Waals surface area contributed by atoms with Crippen molar-refractivity contribution in [2.45, 2.75) is 25.3 Å². The molecule has 5 nitrogen and oxygen atoms in total. The first kappa shape index (κ1) is 14.1. The molecule has 2 aliphatic rings. The zero-order valence-corrected chi connectivity index (χ0v) is 12.0. The molecule has 0 spiro atoms. The molecule has 112 valence electrons. The van der Waals surface area contributed by atoms with Gasteiger partial charge in [-0.2, -0.15) is 0 Å². The molecule has 3 rings (SSSR count). The van der Waals surface area contributed by atoms with Crippen LogP contribution in [0.4, 0.5) is 0 Å². The Morgan fingerprint density at radius 2 is 1.81 bits per heavy atom. The fourth-order valence-corrected chi connectivity index (χ4v) is 3.37. The van der Waals surface area contributed by atoms with Crippen LogP contribution in [0.15, 0.2) is 24.3 Å². The van der Waals surface area contributed by atoms with Crippen LogP contribution in [0.2, 0.25) is 0 Å². The lowest BCUT2D eigenvalue weighted by Crippen LogP contribution is -2.56. The smallest absolute Gasteiger partial charge is 0.336 e. The van der Waals surface area contributed by atoms with Crippen LogP contribution in [0, 0.1) is 0 Å². The number of benzene rings is 1. The maximum absolute atomic E-state index is 12.6. The molecule has 2 fully saturated rings. The van der Waals surface area contributed by atoms with Gasteiger partial charge in [0.1, 0.15) is 0 Å². The summed E-state index contributed by atoms with van der Waals surface area (Å²) in [7, 11) is 0. The summed E-state index contributed by atoms with van der Waals surface area (Å²) in [6.07, 6.45) is 3.59. The van der Waals surface area contributed by atoms with Crippen molar-refractivity contribution in [2.75, 3.05) is 26.2 Å². The van der Waals surface area contributed by atoms with E-state index in [0.717, 1.165) is 19.5 Å². The minimum atomic E-state index is -1.05. The van der Waals surface area contributed by atoms with E-state index >= 15 is 0 Å². The Labute approximate surface area is 124 Å². The Morgan fingerprint density at radius 3 is 2.57 bits per heavy atom. The van der Waals surface area contributed by atoms with Crippen molar-refractivity contribution >= 4 is 11.9 Å². The summed E-state index contributed by atoms with van der Waals surface area (Å²) in [5.41, 5.74) is 0.392. The van der Waals surface area contributed by atoms with Crippen LogP contribution in [0.3, 0.4) is 0 Å². The number of hydrogen-bond donors (Lipinski definition) is 1. The highest BCUT2D eigenvalue weighted by Crippen LogP contribution is 2.22. The lowest BCUT2D eigenvalue weighted by Gasteiger charge is -2.44. The second kappa shape index (κ2) is 5.85. The van der Waals surface area contributed by atoms with E-state index < -0.39 is 5.97 Å². The maximum Gasteiger partial charge on any atom is 0.336 e. The molecule has 2 aliphatic heterocycles. The van der Waals surface area contributed by atoms with Gasteiger partial charge in [0.2, 0.25) is 0 Å². The largest absolute Gasteiger partial charge is 0.478 e. The number of fused-ring (bicyclic) bond motifs is 1. The second-order valence-electron chi connectivity index (χ2n) is 5.79. The van der Waals surface area contributed by atoms with E-state index in [1.165, 1.54) is 18.9 Å². The summed E-state index contributed by atoms with van der Waals surface area (Å²) >= 11 is 0. The van der Waals surface area contributed by atoms with E-state index in [-0.39, 0.29) is 11.5 Å². The molecule has 1 aromatic carbocycles. The number of piperazine rings is 1. The van der Waals surface area contributed by atoms with Gasteiger partial charge in [-0.3, -0.25) is 9.69 Å². The van der Waals surface area contributed by atoms with Gasteiger partial charge in [0, 0.05) is 25.7 Å². The molecule has 0 radical (unpaired) electrons. The SMILES string of the molecule is O=C(O)c1ccccc1C(=O)N1CCN2CCCCC2C1. The van der Waals surface area contributed by atoms with Gasteiger partial charge < -0.3 is 10.0 Å². The first-order valence-corrected chi connectivity index (χ1v) is 7.52. The number of amides is 1. The van der Waals surface area contributed by atoms with E-state index in [9.17, 15) is 14.7 Å². The third-order valence-corrected chi connectivity index (χ3v) is 4.51. The van der Waals surface area contributed by atoms with Crippen LogP contribution in [0.25, 0.3) is 0 Å². The van der Waals surface area contributed by atoms with Gasteiger partial charge in [0.25, 0.3) is 5.91 Å². The molecule has 0 bridgehead atoms. The summed E-state index contributed by atoms with van der Waals surface area (Å²) < 4.78 is 0. The quantitative estimate of drug-likeness (QED) is 0.899. The number of carboxylic acids is 1. The van der Waals surface area contributed by atoms with Crippen molar-refractivity contribution < 1.29 is 14.7 Å². The molecule has 1 N–H and O–H groups in total. The predicted octanol–water partition coefficient (Wildman–Crippen LogP) is 1.70. The van der Waals surface area contributed by atoms with Crippen molar-refractivity contribution in [3.05, 3.63) is 35.4 Å². The first-order chi connectivity index (χ1) is 10.2. The molecule has 0 aliphatic carbocycles. The number of piperidine rings is 1. The van der Waals surface area contributed by atoms with Crippen molar-refractivity contribution in [1.29, 1.82) is 0 Å². The van der Waals surface area contributed by atoms with E-state index in [0.29, 0.717) is 24.7 Å². The molecular weight excluding hydrogens is 268 g/mol. The summed E-state index contributed by atoms with van der Waals surface area (Å²) in [4.78, 5) is 28.2. The van der Waals surface area contributed by atoms with Crippen LogP contribution in [0.1, 0.15) is 40.0 Å². The standard InChI is InChI=1S/C16H20N2O3/c19-15(13-6-1-2-7-14(13)16(20)21)18-10-9-17-8-4-3-5-12(17)11-18/h1-2,6-7,12H,3-5,8-11H2,(H,20,21). The number of aromatic carboxylic acids is 1. The fourth-order valence-electron chi connectivity index (χ4n) is 3.37. The highest BCUT2D eigenvalue weighted by molar-refractivity contribution is 6.04. The number of hydrogen-bond acceptors (Lipinski definition) is 3. The maximum atomic E-state index is 12.6. The Hall–Kier alpha value is -1.88. The van der Waals surface area contributed by atoms with E-state index in [1.54, 1.807) is 18.2 Å². The van der Waals surface area contributed by atoms with Crippen LogP contribution in [-0.4, -0.2) is 59.0 Å². The van der Waals surface area contributed by atoms with Crippen LogP contribution in [0.5, 0.6) is 0 Å². The number of nitrogens with zero attached hydrogens (tertiary/aromatic N) is 2. The van der Waals surface area contributed by atoms with Crippen LogP contribution < -0.4 is 0 Å². The molecule has 1 unspecified atom stereocenters. The van der Waals surface area contributed by atoms with Crippen molar-refractivity contribution in [3.63, 3.8) is 0 Å². The molecule has 0 aromatic heterocycles. The molecule has 1 atom stereocenters. The first-order valence-electron chi connectivity index (χ1n) is 7.52. The van der Waals surface area contributed by atoms with Crippen LogP contribution in [-0.2, 0) is 0 Å². The predicted molar refractivity (Wildman–Crippen MR) is 78.5 cm³/mol. The van der Waals surface area contributed by atoms with E-state index in [4.69, 9.17) is 0 Å². The summed E-state index contributed by atoms with van der Waals surface area (Å²) in [5.74, 6) is -1.20. The normalized spacial score (nSPS) is 22.7. The van der Waals surface area contributed by atoms with Crippen molar-refractivity contribution in [2.24, 2.45) is 0 Å². The highest BCUT2D eigenvalue weighted by atomic mass is 16.4. The minimum Gasteiger partial charge on any atom is -0.478 e. The van der Waals surface area contributed by atoms with Gasteiger partial charge in [0.05, 0.1) is 11.1 Å². The average molecular weight is 288 g/mol. The van der Waals surface area contributed by atoms with Crippen molar-refractivity contribution in [3.8, 4) is 0 Å². The summed E-state index contributed by atoms with van der Waals surface area (Å²) in [6, 6.07) is 6.91. The van der Waals surface area contributed by atoms with Gasteiger partial charge in [0.15, 0.2) is 0 Å².